The van der Waals surface area contributed by atoms with Gasteiger partial charge in [-0.15, -0.1) is 0 Å². The molecule has 0 amide bonds. The molecule has 0 bridgehead atoms. The smallest absolute Gasteiger partial charge is 0.164 e. The summed E-state index contributed by atoms with van der Waals surface area (Å²) in [5.74, 6) is -0.322. The minimum Gasteiger partial charge on any atom is -0.397 e. The second kappa shape index (κ2) is 8.97. The zero-order chi connectivity index (χ0) is 19.6. The first-order valence-corrected chi connectivity index (χ1v) is 10.6. The first-order chi connectivity index (χ1) is 12.1. The summed E-state index contributed by atoms with van der Waals surface area (Å²) in [5.41, 5.74) is 19.6. The molecule has 0 aromatic heterocycles. The fraction of sp³-hybridized carbons (Fsp3) is 0.176. The van der Waals surface area contributed by atoms with Gasteiger partial charge in [-0.25, -0.2) is 0 Å². The van der Waals surface area contributed by atoms with Crippen molar-refractivity contribution in [2.24, 2.45) is 5.73 Å². The summed E-state index contributed by atoms with van der Waals surface area (Å²) in [7, 11) is 0. The largest absolute Gasteiger partial charge is 0.397 e. The van der Waals surface area contributed by atoms with Gasteiger partial charge in [0.15, 0.2) is 11.6 Å². The molecule has 0 fully saturated rings. The summed E-state index contributed by atoms with van der Waals surface area (Å²) in [6.07, 6.45) is 0.0949. The van der Waals surface area contributed by atoms with Gasteiger partial charge in [0.25, 0.3) is 0 Å². The first-order valence-electron chi connectivity index (χ1n) is 7.41. The molecular weight excluding hydrogens is 598 g/mol. The Hall–Kier alpha value is -0.740. The number of benzene rings is 2. The zero-order valence-electron chi connectivity index (χ0n) is 13.4. The standard InChI is InChI=1S/C17H15Br4N3O2/c18-10-1-7(2-11(19)16(10)23)14(25)5-9(22)6-15(26)8-3-12(20)17(24)13(21)4-8/h1-4,9H,5-6,22-24H2. The van der Waals surface area contributed by atoms with Gasteiger partial charge in [-0.05, 0) is 88.0 Å². The number of nitrogen functional groups attached to an aromatic ring is 2. The van der Waals surface area contributed by atoms with Crippen molar-refractivity contribution in [2.45, 2.75) is 18.9 Å². The predicted molar refractivity (Wildman–Crippen MR) is 118 cm³/mol. The van der Waals surface area contributed by atoms with E-state index in [9.17, 15) is 9.59 Å². The van der Waals surface area contributed by atoms with Gasteiger partial charge < -0.3 is 17.2 Å². The lowest BCUT2D eigenvalue weighted by molar-refractivity contribution is 0.0946. The SMILES string of the molecule is Nc1c(Br)cc(C(=O)CC(N)CC(=O)c2cc(Br)c(N)c(Br)c2)cc1Br. The molecular formula is C17H15Br4N3O2. The zero-order valence-corrected chi connectivity index (χ0v) is 19.7. The minimum absolute atomic E-state index is 0.0475. The molecule has 0 saturated heterocycles. The van der Waals surface area contributed by atoms with Gasteiger partial charge in [-0.3, -0.25) is 9.59 Å². The number of carbonyl (C=O) groups excluding carboxylic acids is 2. The summed E-state index contributed by atoms with van der Waals surface area (Å²) >= 11 is 13.2. The normalized spacial score (nSPS) is 11.0. The fourth-order valence-corrected chi connectivity index (χ4v) is 4.65. The molecule has 2 rings (SSSR count). The van der Waals surface area contributed by atoms with Gasteiger partial charge in [0, 0.05) is 47.9 Å². The van der Waals surface area contributed by atoms with Crippen LogP contribution in [-0.4, -0.2) is 17.6 Å². The topological polar surface area (TPSA) is 112 Å². The van der Waals surface area contributed by atoms with Crippen molar-refractivity contribution in [3.05, 3.63) is 53.3 Å². The van der Waals surface area contributed by atoms with Crippen molar-refractivity contribution in [1.82, 2.24) is 0 Å². The Morgan fingerprint density at radius 1 is 0.731 bits per heavy atom. The average molecular weight is 613 g/mol. The van der Waals surface area contributed by atoms with Gasteiger partial charge >= 0.3 is 0 Å². The lowest BCUT2D eigenvalue weighted by Crippen LogP contribution is -2.27. The molecule has 0 unspecified atom stereocenters. The second-order valence-electron chi connectivity index (χ2n) is 5.72. The Bertz CT molecular complexity index is 769. The predicted octanol–water partition coefficient (Wildman–Crippen LogP) is 5.07. The molecule has 0 heterocycles. The Balaban J connectivity index is 2.07. The van der Waals surface area contributed by atoms with E-state index in [0.29, 0.717) is 40.4 Å². The highest BCUT2D eigenvalue weighted by molar-refractivity contribution is 9.11. The third-order valence-corrected chi connectivity index (χ3v) is 6.32. The monoisotopic (exact) mass is 609 g/mol. The molecule has 0 aliphatic heterocycles. The first kappa shape index (κ1) is 21.6. The van der Waals surface area contributed by atoms with Crippen LogP contribution < -0.4 is 17.2 Å². The van der Waals surface area contributed by atoms with Crippen LogP contribution >= 0.6 is 63.7 Å². The van der Waals surface area contributed by atoms with E-state index >= 15 is 0 Å². The van der Waals surface area contributed by atoms with E-state index in [2.05, 4.69) is 63.7 Å². The van der Waals surface area contributed by atoms with Crippen LogP contribution in [0.4, 0.5) is 11.4 Å². The summed E-state index contributed by atoms with van der Waals surface area (Å²) in [4.78, 5) is 24.9. The highest BCUT2D eigenvalue weighted by atomic mass is 79.9. The lowest BCUT2D eigenvalue weighted by atomic mass is 9.98. The molecule has 138 valence electrons. The fourth-order valence-electron chi connectivity index (χ4n) is 2.27. The number of hydrogen-bond acceptors (Lipinski definition) is 5. The number of hydrogen-bond donors (Lipinski definition) is 3. The van der Waals surface area contributed by atoms with E-state index in [0.717, 1.165) is 0 Å². The van der Waals surface area contributed by atoms with Crippen LogP contribution in [0.1, 0.15) is 33.6 Å². The molecule has 0 spiro atoms. The van der Waals surface area contributed by atoms with Crippen molar-refractivity contribution in [3.8, 4) is 0 Å². The van der Waals surface area contributed by atoms with E-state index < -0.39 is 6.04 Å². The molecule has 9 heteroatoms. The van der Waals surface area contributed by atoms with E-state index in [1.54, 1.807) is 24.3 Å². The summed E-state index contributed by atoms with van der Waals surface area (Å²) in [5, 5.41) is 0. The van der Waals surface area contributed by atoms with Crippen molar-refractivity contribution in [3.63, 3.8) is 0 Å². The van der Waals surface area contributed by atoms with Gasteiger partial charge in [0.2, 0.25) is 0 Å². The third-order valence-electron chi connectivity index (χ3n) is 3.70. The maximum atomic E-state index is 12.4. The molecule has 0 saturated carbocycles. The molecule has 2 aromatic rings. The van der Waals surface area contributed by atoms with Crippen LogP contribution in [0.5, 0.6) is 0 Å². The van der Waals surface area contributed by atoms with Crippen molar-refractivity contribution in [2.75, 3.05) is 11.5 Å². The molecule has 26 heavy (non-hydrogen) atoms. The second-order valence-corrected chi connectivity index (χ2v) is 9.14. The molecule has 2 aromatic carbocycles. The Kier molecular flexibility index (Phi) is 7.43. The maximum Gasteiger partial charge on any atom is 0.164 e. The third kappa shape index (κ3) is 5.16. The average Bonchev–Trinajstić information content (AvgIpc) is 2.56. The highest BCUT2D eigenvalue weighted by Crippen LogP contribution is 2.31. The molecule has 0 aliphatic carbocycles. The van der Waals surface area contributed by atoms with E-state index in [-0.39, 0.29) is 24.4 Å². The van der Waals surface area contributed by atoms with Crippen LogP contribution in [0.15, 0.2) is 42.2 Å². The highest BCUT2D eigenvalue weighted by Gasteiger charge is 2.19. The number of Topliss-reactive ketones (excluding diaryl/α,β-unsaturated/α-hetero) is 2. The van der Waals surface area contributed by atoms with Crippen LogP contribution in [-0.2, 0) is 0 Å². The lowest BCUT2D eigenvalue weighted by Gasteiger charge is -2.12. The number of nitrogens with two attached hydrogens (primary N) is 3. The number of carbonyl (C=O) groups is 2. The Morgan fingerprint density at radius 3 is 1.27 bits per heavy atom. The van der Waals surface area contributed by atoms with Crippen molar-refractivity contribution in [1.29, 1.82) is 0 Å². The molecule has 0 radical (unpaired) electrons. The molecule has 0 aliphatic rings. The molecule has 0 atom stereocenters. The number of rotatable bonds is 6. The van der Waals surface area contributed by atoms with Crippen LogP contribution in [0.3, 0.4) is 0 Å². The number of halogens is 4. The van der Waals surface area contributed by atoms with E-state index in [1.165, 1.54) is 0 Å². The van der Waals surface area contributed by atoms with Crippen molar-refractivity contribution >= 4 is 86.7 Å². The summed E-state index contributed by atoms with van der Waals surface area (Å²) < 4.78 is 2.49. The van der Waals surface area contributed by atoms with Gasteiger partial charge in [-0.1, -0.05) is 0 Å². The van der Waals surface area contributed by atoms with Crippen LogP contribution in [0.25, 0.3) is 0 Å². The van der Waals surface area contributed by atoms with Gasteiger partial charge in [0.1, 0.15) is 0 Å². The molecule has 5 nitrogen and oxygen atoms in total. The van der Waals surface area contributed by atoms with Gasteiger partial charge in [0.05, 0.1) is 11.4 Å². The van der Waals surface area contributed by atoms with E-state index in [1.807, 2.05) is 0 Å². The Morgan fingerprint density at radius 2 is 1.00 bits per heavy atom. The quantitative estimate of drug-likeness (QED) is 0.311. The summed E-state index contributed by atoms with van der Waals surface area (Å²) in [6.45, 7) is 0. The Labute approximate surface area is 184 Å². The number of ketones is 2. The van der Waals surface area contributed by atoms with Crippen LogP contribution in [0.2, 0.25) is 0 Å². The minimum atomic E-state index is -0.597. The van der Waals surface area contributed by atoms with E-state index in [4.69, 9.17) is 17.2 Å². The van der Waals surface area contributed by atoms with Crippen LogP contribution in [0, 0.1) is 0 Å². The number of anilines is 2. The molecule has 6 N–H and O–H groups in total. The maximum absolute atomic E-state index is 12.4. The summed E-state index contributed by atoms with van der Waals surface area (Å²) in [6, 6.07) is 5.98. The van der Waals surface area contributed by atoms with Gasteiger partial charge in [-0.2, -0.15) is 0 Å². The van der Waals surface area contributed by atoms with Crippen molar-refractivity contribution < 1.29 is 9.59 Å².